The van der Waals surface area contributed by atoms with Gasteiger partial charge in [-0.25, -0.2) is 4.98 Å². The SMILES string of the molecule is CC(C)c1noc(CCC(=O)N[C@H]2CCCN(c3ccccn3)C2)n1. The summed E-state index contributed by atoms with van der Waals surface area (Å²) in [6.45, 7) is 5.79. The van der Waals surface area contributed by atoms with E-state index in [4.69, 9.17) is 4.52 Å². The molecule has 1 fully saturated rings. The average molecular weight is 343 g/mol. The van der Waals surface area contributed by atoms with Gasteiger partial charge in [-0.3, -0.25) is 4.79 Å². The van der Waals surface area contributed by atoms with Gasteiger partial charge in [-0.1, -0.05) is 25.1 Å². The summed E-state index contributed by atoms with van der Waals surface area (Å²) < 4.78 is 5.18. The average Bonchev–Trinajstić information content (AvgIpc) is 3.10. The zero-order chi connectivity index (χ0) is 17.6. The number of carbonyl (C=O) groups excluding carboxylic acids is 1. The first-order valence-electron chi connectivity index (χ1n) is 8.89. The maximum absolute atomic E-state index is 12.2. The number of nitrogens with zero attached hydrogens (tertiary/aromatic N) is 4. The number of nitrogens with one attached hydrogen (secondary N) is 1. The van der Waals surface area contributed by atoms with Crippen molar-refractivity contribution in [2.24, 2.45) is 0 Å². The Kier molecular flexibility index (Phi) is 5.63. The second kappa shape index (κ2) is 8.09. The van der Waals surface area contributed by atoms with E-state index in [1.54, 1.807) is 6.20 Å². The van der Waals surface area contributed by atoms with Gasteiger partial charge in [0.25, 0.3) is 0 Å². The number of hydrogen-bond donors (Lipinski definition) is 1. The molecule has 7 nitrogen and oxygen atoms in total. The standard InChI is InChI=1S/C18H25N5O2/c1-13(2)18-21-17(25-22-18)9-8-16(24)20-14-6-5-11-23(12-14)15-7-3-4-10-19-15/h3-4,7,10,13-14H,5-6,8-9,11-12H2,1-2H3,(H,20,24)/t14-/m0/s1. The maximum atomic E-state index is 12.2. The van der Waals surface area contributed by atoms with Crippen LogP contribution in [0.2, 0.25) is 0 Å². The Bertz CT molecular complexity index is 686. The molecule has 1 N–H and O–H groups in total. The lowest BCUT2D eigenvalue weighted by Crippen LogP contribution is -2.48. The van der Waals surface area contributed by atoms with Crippen molar-refractivity contribution in [1.29, 1.82) is 0 Å². The minimum atomic E-state index is 0.0252. The quantitative estimate of drug-likeness (QED) is 0.866. The summed E-state index contributed by atoms with van der Waals surface area (Å²) >= 11 is 0. The molecule has 2 aromatic rings. The number of rotatable bonds is 6. The first kappa shape index (κ1) is 17.4. The summed E-state index contributed by atoms with van der Waals surface area (Å²) in [7, 11) is 0. The maximum Gasteiger partial charge on any atom is 0.227 e. The molecular weight excluding hydrogens is 318 g/mol. The normalized spacial score (nSPS) is 17.7. The fourth-order valence-corrected chi connectivity index (χ4v) is 2.97. The largest absolute Gasteiger partial charge is 0.355 e. The molecule has 0 radical (unpaired) electrons. The van der Waals surface area contributed by atoms with E-state index in [0.717, 1.165) is 31.7 Å². The number of amides is 1. The van der Waals surface area contributed by atoms with Crippen LogP contribution in [0.5, 0.6) is 0 Å². The minimum Gasteiger partial charge on any atom is -0.355 e. The zero-order valence-electron chi connectivity index (χ0n) is 14.8. The van der Waals surface area contributed by atoms with Gasteiger partial charge in [0.1, 0.15) is 5.82 Å². The van der Waals surface area contributed by atoms with Gasteiger partial charge in [0.15, 0.2) is 5.82 Å². The van der Waals surface area contributed by atoms with Gasteiger partial charge >= 0.3 is 0 Å². The summed E-state index contributed by atoms with van der Waals surface area (Å²) in [6.07, 6.45) is 4.67. The number of piperidine rings is 1. The highest BCUT2D eigenvalue weighted by Crippen LogP contribution is 2.17. The highest BCUT2D eigenvalue weighted by molar-refractivity contribution is 5.76. The van der Waals surface area contributed by atoms with Gasteiger partial charge in [-0.15, -0.1) is 0 Å². The van der Waals surface area contributed by atoms with Gasteiger partial charge in [0, 0.05) is 44.1 Å². The van der Waals surface area contributed by atoms with Crippen LogP contribution >= 0.6 is 0 Å². The molecule has 0 aromatic carbocycles. The van der Waals surface area contributed by atoms with Crippen LogP contribution in [0, 0.1) is 0 Å². The van der Waals surface area contributed by atoms with Crippen molar-refractivity contribution in [3.8, 4) is 0 Å². The van der Waals surface area contributed by atoms with E-state index in [9.17, 15) is 4.79 Å². The Morgan fingerprint density at radius 3 is 3.04 bits per heavy atom. The number of anilines is 1. The Morgan fingerprint density at radius 2 is 2.32 bits per heavy atom. The predicted molar refractivity (Wildman–Crippen MR) is 94.3 cm³/mol. The fourth-order valence-electron chi connectivity index (χ4n) is 2.97. The van der Waals surface area contributed by atoms with Crippen molar-refractivity contribution in [3.63, 3.8) is 0 Å². The Balaban J connectivity index is 1.47. The van der Waals surface area contributed by atoms with E-state index in [-0.39, 0.29) is 17.9 Å². The van der Waals surface area contributed by atoms with Crippen LogP contribution in [0.1, 0.15) is 50.7 Å². The predicted octanol–water partition coefficient (Wildman–Crippen LogP) is 2.31. The molecule has 3 heterocycles. The van der Waals surface area contributed by atoms with Crippen LogP contribution < -0.4 is 10.2 Å². The molecule has 1 aliphatic heterocycles. The van der Waals surface area contributed by atoms with Crippen molar-refractivity contribution < 1.29 is 9.32 Å². The van der Waals surface area contributed by atoms with Gasteiger partial charge < -0.3 is 14.7 Å². The summed E-state index contributed by atoms with van der Waals surface area (Å²) in [6, 6.07) is 6.05. The van der Waals surface area contributed by atoms with E-state index in [0.29, 0.717) is 24.6 Å². The first-order valence-corrected chi connectivity index (χ1v) is 8.89. The van der Waals surface area contributed by atoms with E-state index in [2.05, 4.69) is 25.3 Å². The molecule has 1 saturated heterocycles. The molecule has 134 valence electrons. The van der Waals surface area contributed by atoms with Crippen molar-refractivity contribution >= 4 is 11.7 Å². The highest BCUT2D eigenvalue weighted by Gasteiger charge is 2.22. The summed E-state index contributed by atoms with van der Waals surface area (Å²) in [5.41, 5.74) is 0. The highest BCUT2D eigenvalue weighted by atomic mass is 16.5. The molecule has 1 aliphatic rings. The topological polar surface area (TPSA) is 84.2 Å². The van der Waals surface area contributed by atoms with Crippen molar-refractivity contribution in [3.05, 3.63) is 36.1 Å². The lowest BCUT2D eigenvalue weighted by Gasteiger charge is -2.33. The minimum absolute atomic E-state index is 0.0252. The second-order valence-electron chi connectivity index (χ2n) is 6.74. The summed E-state index contributed by atoms with van der Waals surface area (Å²) in [5.74, 6) is 2.43. The Morgan fingerprint density at radius 1 is 1.44 bits per heavy atom. The third-order valence-corrected chi connectivity index (χ3v) is 4.33. The van der Waals surface area contributed by atoms with Crippen molar-refractivity contribution in [1.82, 2.24) is 20.4 Å². The number of carbonyl (C=O) groups is 1. The molecule has 3 rings (SSSR count). The Hall–Kier alpha value is -2.44. The van der Waals surface area contributed by atoms with Gasteiger partial charge in [-0.05, 0) is 25.0 Å². The molecular formula is C18H25N5O2. The molecule has 0 spiro atoms. The number of pyridine rings is 1. The summed E-state index contributed by atoms with van der Waals surface area (Å²) in [5, 5.41) is 7.04. The third kappa shape index (κ3) is 4.78. The molecule has 1 amide bonds. The van der Waals surface area contributed by atoms with Crippen molar-refractivity contribution in [2.75, 3.05) is 18.0 Å². The van der Waals surface area contributed by atoms with Crippen LogP contribution in [0.3, 0.4) is 0 Å². The monoisotopic (exact) mass is 343 g/mol. The molecule has 0 unspecified atom stereocenters. The van der Waals surface area contributed by atoms with E-state index in [1.165, 1.54) is 0 Å². The van der Waals surface area contributed by atoms with Gasteiger partial charge in [0.2, 0.25) is 11.8 Å². The third-order valence-electron chi connectivity index (χ3n) is 4.33. The van der Waals surface area contributed by atoms with E-state index in [1.807, 2.05) is 32.0 Å². The molecule has 7 heteroatoms. The first-order chi connectivity index (χ1) is 12.1. The molecule has 0 saturated carbocycles. The number of aryl methyl sites for hydroxylation is 1. The van der Waals surface area contributed by atoms with E-state index < -0.39 is 0 Å². The molecule has 0 bridgehead atoms. The lowest BCUT2D eigenvalue weighted by molar-refractivity contribution is -0.121. The number of aromatic nitrogens is 3. The van der Waals surface area contributed by atoms with Crippen LogP contribution in [-0.4, -0.2) is 40.2 Å². The Labute approximate surface area is 147 Å². The fraction of sp³-hybridized carbons (Fsp3) is 0.556. The number of hydrogen-bond acceptors (Lipinski definition) is 6. The summed E-state index contributed by atoms with van der Waals surface area (Å²) in [4.78, 5) is 23.2. The zero-order valence-corrected chi connectivity index (χ0v) is 14.8. The lowest BCUT2D eigenvalue weighted by atomic mass is 10.1. The van der Waals surface area contributed by atoms with E-state index >= 15 is 0 Å². The van der Waals surface area contributed by atoms with Crippen LogP contribution in [0.15, 0.2) is 28.9 Å². The van der Waals surface area contributed by atoms with Crippen LogP contribution in [0.25, 0.3) is 0 Å². The van der Waals surface area contributed by atoms with Gasteiger partial charge in [-0.2, -0.15) is 4.98 Å². The molecule has 1 atom stereocenters. The molecule has 25 heavy (non-hydrogen) atoms. The smallest absolute Gasteiger partial charge is 0.227 e. The van der Waals surface area contributed by atoms with Crippen LogP contribution in [0.4, 0.5) is 5.82 Å². The molecule has 2 aromatic heterocycles. The van der Waals surface area contributed by atoms with Crippen molar-refractivity contribution in [2.45, 2.75) is 51.5 Å². The molecule has 0 aliphatic carbocycles. The second-order valence-corrected chi connectivity index (χ2v) is 6.74. The van der Waals surface area contributed by atoms with Gasteiger partial charge in [0.05, 0.1) is 0 Å². The van der Waals surface area contributed by atoms with Crippen LogP contribution in [-0.2, 0) is 11.2 Å².